The molecule has 0 aliphatic rings. The summed E-state index contributed by atoms with van der Waals surface area (Å²) in [7, 11) is 0. The van der Waals surface area contributed by atoms with Crippen LogP contribution < -0.4 is 11.1 Å². The molecule has 0 aliphatic heterocycles. The van der Waals surface area contributed by atoms with Crippen molar-refractivity contribution in [2.45, 2.75) is 0 Å². The number of amides is 1. The molecule has 2 heterocycles. The van der Waals surface area contributed by atoms with Crippen molar-refractivity contribution in [3.8, 4) is 0 Å². The van der Waals surface area contributed by atoms with Gasteiger partial charge in [0.2, 0.25) is 0 Å². The second-order valence-corrected chi connectivity index (χ2v) is 5.80. The van der Waals surface area contributed by atoms with Crippen LogP contribution in [0.4, 0.5) is 10.8 Å². The van der Waals surface area contributed by atoms with Gasteiger partial charge in [-0.05, 0) is 22.0 Å². The van der Waals surface area contributed by atoms with E-state index in [1.54, 1.807) is 6.20 Å². The highest BCUT2D eigenvalue weighted by Gasteiger charge is 2.13. The van der Waals surface area contributed by atoms with Gasteiger partial charge in [0.05, 0.1) is 27.4 Å². The SMILES string of the molecule is Nc1cnc(Cl)c(C(=O)Nc2ncc(Br)s2)c1. The molecular formula is C9H6BrClN4OS. The zero-order valence-electron chi connectivity index (χ0n) is 8.28. The summed E-state index contributed by atoms with van der Waals surface area (Å²) in [5.74, 6) is -0.392. The Morgan fingerprint density at radius 3 is 2.88 bits per heavy atom. The standard InChI is InChI=1S/C9H6BrClN4OS/c10-6-3-14-9(17-6)15-8(16)5-1-4(12)2-13-7(5)11/h1-3H,12H2,(H,14,15,16). The van der Waals surface area contributed by atoms with Crippen molar-refractivity contribution in [3.05, 3.63) is 33.0 Å². The van der Waals surface area contributed by atoms with Crippen molar-refractivity contribution in [1.82, 2.24) is 9.97 Å². The van der Waals surface area contributed by atoms with E-state index in [1.165, 1.54) is 23.6 Å². The molecule has 5 nitrogen and oxygen atoms in total. The molecule has 2 aromatic rings. The van der Waals surface area contributed by atoms with Crippen molar-refractivity contribution in [2.24, 2.45) is 0 Å². The third kappa shape index (κ3) is 2.93. The number of aromatic nitrogens is 2. The number of hydrogen-bond donors (Lipinski definition) is 2. The predicted octanol–water partition coefficient (Wildman–Crippen LogP) is 2.79. The van der Waals surface area contributed by atoms with Gasteiger partial charge in [-0.3, -0.25) is 10.1 Å². The summed E-state index contributed by atoms with van der Waals surface area (Å²) < 4.78 is 0.824. The number of anilines is 2. The smallest absolute Gasteiger partial charge is 0.260 e. The van der Waals surface area contributed by atoms with Gasteiger partial charge in [0.25, 0.3) is 5.91 Å². The monoisotopic (exact) mass is 332 g/mol. The Balaban J connectivity index is 2.22. The number of thiazole rings is 1. The van der Waals surface area contributed by atoms with Crippen LogP contribution in [0.1, 0.15) is 10.4 Å². The quantitative estimate of drug-likeness (QED) is 0.828. The first-order valence-corrected chi connectivity index (χ1v) is 6.38. The number of nitrogens with one attached hydrogen (secondary N) is 1. The lowest BCUT2D eigenvalue weighted by molar-refractivity contribution is 0.102. The van der Waals surface area contributed by atoms with Crippen molar-refractivity contribution >= 4 is 55.6 Å². The zero-order valence-corrected chi connectivity index (χ0v) is 11.4. The van der Waals surface area contributed by atoms with E-state index in [0.717, 1.165) is 3.79 Å². The van der Waals surface area contributed by atoms with Crippen LogP contribution in [0.25, 0.3) is 0 Å². The number of nitrogens with two attached hydrogens (primary N) is 1. The summed E-state index contributed by atoms with van der Waals surface area (Å²) in [6.45, 7) is 0. The van der Waals surface area contributed by atoms with E-state index in [0.29, 0.717) is 10.8 Å². The number of halogens is 2. The molecule has 17 heavy (non-hydrogen) atoms. The minimum absolute atomic E-state index is 0.104. The normalized spacial score (nSPS) is 10.2. The molecule has 0 aromatic carbocycles. The van der Waals surface area contributed by atoms with Gasteiger partial charge in [0.15, 0.2) is 5.13 Å². The number of hydrogen-bond acceptors (Lipinski definition) is 5. The van der Waals surface area contributed by atoms with E-state index < -0.39 is 5.91 Å². The van der Waals surface area contributed by atoms with Gasteiger partial charge in [0, 0.05) is 0 Å². The summed E-state index contributed by atoms with van der Waals surface area (Å²) in [6.07, 6.45) is 2.98. The molecule has 1 amide bonds. The third-order valence-electron chi connectivity index (χ3n) is 1.80. The van der Waals surface area contributed by atoms with Crippen LogP contribution >= 0.6 is 38.9 Å². The maximum absolute atomic E-state index is 11.9. The second-order valence-electron chi connectivity index (χ2n) is 3.03. The molecule has 0 spiro atoms. The van der Waals surface area contributed by atoms with E-state index in [4.69, 9.17) is 17.3 Å². The lowest BCUT2D eigenvalue weighted by atomic mass is 10.2. The Bertz CT molecular complexity index is 574. The average molecular weight is 334 g/mol. The van der Waals surface area contributed by atoms with Crippen LogP contribution in [0.5, 0.6) is 0 Å². The topological polar surface area (TPSA) is 80.9 Å². The van der Waals surface area contributed by atoms with E-state index in [-0.39, 0.29) is 10.7 Å². The maximum atomic E-state index is 11.9. The summed E-state index contributed by atoms with van der Waals surface area (Å²) in [6, 6.07) is 1.47. The van der Waals surface area contributed by atoms with Crippen molar-refractivity contribution < 1.29 is 4.79 Å². The summed E-state index contributed by atoms with van der Waals surface area (Å²) in [5.41, 5.74) is 6.14. The molecule has 2 aromatic heterocycles. The van der Waals surface area contributed by atoms with Crippen molar-refractivity contribution in [3.63, 3.8) is 0 Å². The van der Waals surface area contributed by atoms with Crippen LogP contribution in [-0.2, 0) is 0 Å². The molecule has 0 fully saturated rings. The first-order valence-electron chi connectivity index (χ1n) is 4.40. The number of nitrogen functional groups attached to an aromatic ring is 1. The highest BCUT2D eigenvalue weighted by molar-refractivity contribution is 9.11. The van der Waals surface area contributed by atoms with Gasteiger partial charge in [-0.15, -0.1) is 0 Å². The Morgan fingerprint density at radius 1 is 1.47 bits per heavy atom. The molecule has 0 atom stereocenters. The van der Waals surface area contributed by atoms with Gasteiger partial charge in [-0.2, -0.15) is 0 Å². The Hall–Kier alpha value is -1.18. The molecule has 0 radical (unpaired) electrons. The molecule has 88 valence electrons. The maximum Gasteiger partial charge on any atom is 0.260 e. The molecular weight excluding hydrogens is 328 g/mol. The number of pyridine rings is 1. The lowest BCUT2D eigenvalue weighted by Crippen LogP contribution is -2.13. The van der Waals surface area contributed by atoms with Crippen LogP contribution in [-0.4, -0.2) is 15.9 Å². The van der Waals surface area contributed by atoms with Gasteiger partial charge >= 0.3 is 0 Å². The minimum Gasteiger partial charge on any atom is -0.397 e. The van der Waals surface area contributed by atoms with Crippen molar-refractivity contribution in [2.75, 3.05) is 11.1 Å². The Labute approximate surface area is 114 Å². The molecule has 0 aliphatic carbocycles. The number of nitrogens with zero attached hydrogens (tertiary/aromatic N) is 2. The molecule has 0 bridgehead atoms. The molecule has 0 saturated carbocycles. The predicted molar refractivity (Wildman–Crippen MR) is 71.4 cm³/mol. The fourth-order valence-corrected chi connectivity index (χ4v) is 2.39. The van der Waals surface area contributed by atoms with E-state index in [2.05, 4.69) is 31.2 Å². The summed E-state index contributed by atoms with van der Waals surface area (Å²) in [5, 5.41) is 3.18. The van der Waals surface area contributed by atoms with Crippen LogP contribution in [0, 0.1) is 0 Å². The molecule has 2 rings (SSSR count). The van der Waals surface area contributed by atoms with E-state index >= 15 is 0 Å². The molecule has 0 saturated heterocycles. The number of rotatable bonds is 2. The van der Waals surface area contributed by atoms with Crippen LogP contribution in [0.15, 0.2) is 22.2 Å². The number of carbonyl (C=O) groups is 1. The van der Waals surface area contributed by atoms with Gasteiger partial charge in [-0.25, -0.2) is 9.97 Å². The van der Waals surface area contributed by atoms with Gasteiger partial charge < -0.3 is 5.73 Å². The highest BCUT2D eigenvalue weighted by Crippen LogP contribution is 2.24. The first-order chi connectivity index (χ1) is 8.06. The molecule has 3 N–H and O–H groups in total. The van der Waals surface area contributed by atoms with Gasteiger partial charge in [-0.1, -0.05) is 22.9 Å². The fraction of sp³-hybridized carbons (Fsp3) is 0. The summed E-state index contributed by atoms with van der Waals surface area (Å²) >= 11 is 10.4. The lowest BCUT2D eigenvalue weighted by Gasteiger charge is -2.03. The highest BCUT2D eigenvalue weighted by atomic mass is 79.9. The number of carbonyl (C=O) groups excluding carboxylic acids is 1. The molecule has 0 unspecified atom stereocenters. The minimum atomic E-state index is -0.392. The fourth-order valence-electron chi connectivity index (χ4n) is 1.10. The van der Waals surface area contributed by atoms with Gasteiger partial charge in [0.1, 0.15) is 5.15 Å². The second kappa shape index (κ2) is 4.99. The largest absolute Gasteiger partial charge is 0.397 e. The third-order valence-corrected chi connectivity index (χ3v) is 3.50. The van der Waals surface area contributed by atoms with Crippen LogP contribution in [0.3, 0.4) is 0 Å². The summed E-state index contributed by atoms with van der Waals surface area (Å²) in [4.78, 5) is 19.6. The van der Waals surface area contributed by atoms with Crippen molar-refractivity contribution in [1.29, 1.82) is 0 Å². The Morgan fingerprint density at radius 2 is 2.24 bits per heavy atom. The van der Waals surface area contributed by atoms with E-state index in [1.807, 2.05) is 0 Å². The van der Waals surface area contributed by atoms with E-state index in [9.17, 15) is 4.79 Å². The average Bonchev–Trinajstić information content (AvgIpc) is 2.67. The molecule has 8 heteroatoms. The van der Waals surface area contributed by atoms with Crippen LogP contribution in [0.2, 0.25) is 5.15 Å². The Kier molecular flexibility index (Phi) is 3.60. The first kappa shape index (κ1) is 12.3. The zero-order chi connectivity index (χ0) is 12.4.